The summed E-state index contributed by atoms with van der Waals surface area (Å²) in [6, 6.07) is 0. The zero-order chi connectivity index (χ0) is 25.7. The second-order valence-electron chi connectivity index (χ2n) is 11.0. The lowest BCUT2D eigenvalue weighted by Crippen LogP contribution is -2.03. The van der Waals surface area contributed by atoms with Gasteiger partial charge in [-0.05, 0) is 39.0 Å². The minimum Gasteiger partial charge on any atom is -0.300 e. The summed E-state index contributed by atoms with van der Waals surface area (Å²) in [5, 5.41) is 0. The van der Waals surface area contributed by atoms with Crippen molar-refractivity contribution in [1.29, 1.82) is 0 Å². The van der Waals surface area contributed by atoms with Crippen LogP contribution in [0.4, 0.5) is 0 Å². The molecule has 0 bridgehead atoms. The van der Waals surface area contributed by atoms with E-state index in [4.69, 9.17) is 0 Å². The van der Waals surface area contributed by atoms with E-state index < -0.39 is 0 Å². The summed E-state index contributed by atoms with van der Waals surface area (Å²) in [7, 11) is 0. The van der Waals surface area contributed by atoms with Gasteiger partial charge in [0.25, 0.3) is 0 Å². The Morgan fingerprint density at radius 1 is 0.457 bits per heavy atom. The first kappa shape index (κ1) is 34.1. The van der Waals surface area contributed by atoms with Crippen molar-refractivity contribution in [3.63, 3.8) is 0 Å². The summed E-state index contributed by atoms with van der Waals surface area (Å²) in [6.07, 6.45) is 39.6. The monoisotopic (exact) mass is 490 g/mol. The molecule has 0 aliphatic heterocycles. The first-order chi connectivity index (χ1) is 17.2. The van der Waals surface area contributed by atoms with Gasteiger partial charge in [0, 0.05) is 6.42 Å². The van der Waals surface area contributed by atoms with E-state index in [9.17, 15) is 9.59 Å². The topological polar surface area (TPSA) is 34.1 Å². The van der Waals surface area contributed by atoms with Crippen LogP contribution in [0.15, 0.2) is 12.2 Å². The quantitative estimate of drug-likeness (QED) is 0.0593. The van der Waals surface area contributed by atoms with Crippen molar-refractivity contribution in [1.82, 2.24) is 0 Å². The van der Waals surface area contributed by atoms with E-state index >= 15 is 0 Å². The molecule has 0 radical (unpaired) electrons. The second-order valence-corrected chi connectivity index (χ2v) is 11.0. The third kappa shape index (κ3) is 31.0. The highest BCUT2D eigenvalue weighted by Gasteiger charge is 2.04. The van der Waals surface area contributed by atoms with Gasteiger partial charge in [-0.2, -0.15) is 0 Å². The third-order valence-corrected chi connectivity index (χ3v) is 7.16. The third-order valence-electron chi connectivity index (χ3n) is 7.16. The van der Waals surface area contributed by atoms with Crippen LogP contribution in [0, 0.1) is 0 Å². The van der Waals surface area contributed by atoms with Crippen molar-refractivity contribution in [2.24, 2.45) is 0 Å². The van der Waals surface area contributed by atoms with E-state index in [1.807, 2.05) is 0 Å². The van der Waals surface area contributed by atoms with Crippen molar-refractivity contribution in [2.75, 3.05) is 0 Å². The van der Waals surface area contributed by atoms with E-state index in [-0.39, 0.29) is 18.0 Å². The number of carbonyl (C=O) groups excluding carboxylic acids is 2. The minimum atomic E-state index is -0.00179. The molecule has 0 aliphatic rings. The van der Waals surface area contributed by atoms with Gasteiger partial charge >= 0.3 is 0 Å². The summed E-state index contributed by atoms with van der Waals surface area (Å²) >= 11 is 0. The van der Waals surface area contributed by atoms with Gasteiger partial charge in [0.15, 0.2) is 0 Å². The van der Waals surface area contributed by atoms with E-state index in [0.717, 1.165) is 12.8 Å². The molecular weight excluding hydrogens is 428 g/mol. The average Bonchev–Trinajstić information content (AvgIpc) is 2.83. The molecule has 2 nitrogen and oxygen atoms in total. The lowest BCUT2D eigenvalue weighted by molar-refractivity contribution is -0.125. The first-order valence-corrected chi connectivity index (χ1v) is 15.8. The highest BCUT2D eigenvalue weighted by atomic mass is 16.1. The summed E-state index contributed by atoms with van der Waals surface area (Å²) in [6.45, 7) is 3.78. The van der Waals surface area contributed by atoms with Crippen LogP contribution in [0.2, 0.25) is 0 Å². The average molecular weight is 491 g/mol. The summed E-state index contributed by atoms with van der Waals surface area (Å²) in [5.74, 6) is 0.118. The molecule has 0 saturated heterocycles. The first-order valence-electron chi connectivity index (χ1n) is 15.8. The van der Waals surface area contributed by atoms with Gasteiger partial charge in [0.1, 0.15) is 11.6 Å². The molecule has 0 heterocycles. The fourth-order valence-corrected chi connectivity index (χ4v) is 4.88. The highest BCUT2D eigenvalue weighted by molar-refractivity contribution is 5.97. The SMILES string of the molecule is CCCCCCCC/C=C/CCCCCCCCCCCCCCCCCCCC(=O)CC(C)=O. The Morgan fingerprint density at radius 2 is 0.771 bits per heavy atom. The zero-order valence-electron chi connectivity index (χ0n) is 24.1. The zero-order valence-corrected chi connectivity index (χ0v) is 24.1. The predicted molar refractivity (Wildman–Crippen MR) is 155 cm³/mol. The molecule has 206 valence electrons. The maximum atomic E-state index is 11.5. The van der Waals surface area contributed by atoms with Crippen LogP contribution in [-0.4, -0.2) is 11.6 Å². The van der Waals surface area contributed by atoms with Gasteiger partial charge in [0.2, 0.25) is 0 Å². The second kappa shape index (κ2) is 29.3. The standard InChI is InChI=1S/C33H62O2/c1-3-4-5-6-7-8-9-10-11-12-13-14-15-16-17-18-19-20-21-22-23-24-25-26-27-28-29-30-33(35)31-32(2)34/h10-11H,3-9,12-31H2,1-2H3/b11-10+. The molecule has 0 unspecified atom stereocenters. The Morgan fingerprint density at radius 3 is 1.11 bits per heavy atom. The number of unbranched alkanes of at least 4 members (excludes halogenated alkanes) is 23. The van der Waals surface area contributed by atoms with Crippen LogP contribution in [-0.2, 0) is 9.59 Å². The fraction of sp³-hybridized carbons (Fsp3) is 0.879. The molecule has 0 atom stereocenters. The van der Waals surface area contributed by atoms with Gasteiger partial charge in [0.05, 0.1) is 6.42 Å². The van der Waals surface area contributed by atoms with Crippen molar-refractivity contribution < 1.29 is 9.59 Å². The maximum absolute atomic E-state index is 11.5. The summed E-state index contributed by atoms with van der Waals surface area (Å²) in [5.41, 5.74) is 0. The Kier molecular flexibility index (Phi) is 28.5. The van der Waals surface area contributed by atoms with Gasteiger partial charge in [-0.15, -0.1) is 0 Å². The molecule has 0 aromatic rings. The van der Waals surface area contributed by atoms with Crippen LogP contribution >= 0.6 is 0 Å². The Hall–Kier alpha value is -0.920. The molecule has 0 N–H and O–H groups in total. The number of rotatable bonds is 29. The lowest BCUT2D eigenvalue weighted by atomic mass is 10.0. The van der Waals surface area contributed by atoms with E-state index in [2.05, 4.69) is 19.1 Å². The van der Waals surface area contributed by atoms with Crippen molar-refractivity contribution in [2.45, 2.75) is 187 Å². The van der Waals surface area contributed by atoms with Gasteiger partial charge < -0.3 is 0 Å². The van der Waals surface area contributed by atoms with Crippen LogP contribution in [0.5, 0.6) is 0 Å². The smallest absolute Gasteiger partial charge is 0.140 e. The Balaban J connectivity index is 3.11. The lowest BCUT2D eigenvalue weighted by Gasteiger charge is -2.04. The van der Waals surface area contributed by atoms with Crippen LogP contribution in [0.25, 0.3) is 0 Å². The van der Waals surface area contributed by atoms with Crippen LogP contribution in [0.1, 0.15) is 187 Å². The van der Waals surface area contributed by atoms with Gasteiger partial charge in [-0.3, -0.25) is 9.59 Å². The normalized spacial score (nSPS) is 11.5. The Labute approximate surface area is 220 Å². The molecule has 0 aromatic carbocycles. The molecule has 0 saturated carbocycles. The molecule has 0 rings (SSSR count). The van der Waals surface area contributed by atoms with Crippen LogP contribution in [0.3, 0.4) is 0 Å². The molecule has 0 aromatic heterocycles. The number of allylic oxidation sites excluding steroid dienone is 2. The molecule has 0 fully saturated rings. The van der Waals surface area contributed by atoms with Crippen molar-refractivity contribution in [3.05, 3.63) is 12.2 Å². The number of Topliss-reactive ketones (excluding diaryl/α,β-unsaturated/α-hetero) is 2. The highest BCUT2D eigenvalue weighted by Crippen LogP contribution is 2.15. The summed E-state index contributed by atoms with van der Waals surface area (Å²) in [4.78, 5) is 22.4. The van der Waals surface area contributed by atoms with E-state index in [0.29, 0.717) is 6.42 Å². The van der Waals surface area contributed by atoms with Gasteiger partial charge in [-0.1, -0.05) is 147 Å². The number of ketones is 2. The van der Waals surface area contributed by atoms with Gasteiger partial charge in [-0.25, -0.2) is 0 Å². The molecule has 2 heteroatoms. The molecular formula is C33H62O2. The Bertz CT molecular complexity index is 479. The van der Waals surface area contributed by atoms with E-state index in [1.54, 1.807) is 0 Å². The minimum absolute atomic E-state index is 0.00179. The predicted octanol–water partition coefficient (Wildman–Crippen LogP) is 11.3. The van der Waals surface area contributed by atoms with Crippen molar-refractivity contribution in [3.8, 4) is 0 Å². The maximum Gasteiger partial charge on any atom is 0.140 e. The molecule has 0 amide bonds. The number of hydrogen-bond acceptors (Lipinski definition) is 2. The molecule has 35 heavy (non-hydrogen) atoms. The molecule has 0 spiro atoms. The van der Waals surface area contributed by atoms with E-state index in [1.165, 1.54) is 155 Å². The largest absolute Gasteiger partial charge is 0.300 e. The van der Waals surface area contributed by atoms with Crippen LogP contribution < -0.4 is 0 Å². The fourth-order valence-electron chi connectivity index (χ4n) is 4.88. The number of carbonyl (C=O) groups is 2. The number of hydrogen-bond donors (Lipinski definition) is 0. The molecule has 0 aliphatic carbocycles. The summed E-state index contributed by atoms with van der Waals surface area (Å²) < 4.78 is 0. The van der Waals surface area contributed by atoms with Crippen molar-refractivity contribution >= 4 is 11.6 Å².